The molecule has 1 aliphatic rings. The van der Waals surface area contributed by atoms with Crippen LogP contribution in [0.2, 0.25) is 0 Å². The minimum absolute atomic E-state index is 0.0360. The van der Waals surface area contributed by atoms with Gasteiger partial charge in [-0.25, -0.2) is 0 Å². The lowest BCUT2D eigenvalue weighted by Gasteiger charge is -2.33. The van der Waals surface area contributed by atoms with Gasteiger partial charge in [0, 0.05) is 26.2 Å². The SMILES string of the molecule is O=C(Cc1cccc2ccccc12)NCC1CN(Cc2ccccc2)CCO1. The second kappa shape index (κ2) is 9.00. The molecular formula is C24H26N2O2. The lowest BCUT2D eigenvalue weighted by atomic mass is 10.0. The Balaban J connectivity index is 1.29. The Morgan fingerprint density at radius 2 is 1.79 bits per heavy atom. The van der Waals surface area contributed by atoms with Gasteiger partial charge in [-0.05, 0) is 21.9 Å². The summed E-state index contributed by atoms with van der Waals surface area (Å²) in [4.78, 5) is 14.9. The summed E-state index contributed by atoms with van der Waals surface area (Å²) in [5, 5.41) is 5.37. The molecule has 4 heteroatoms. The van der Waals surface area contributed by atoms with Crippen molar-refractivity contribution in [1.82, 2.24) is 10.2 Å². The highest BCUT2D eigenvalue weighted by molar-refractivity contribution is 5.90. The second-order valence-electron chi connectivity index (χ2n) is 7.33. The number of rotatable bonds is 6. The number of hydrogen-bond acceptors (Lipinski definition) is 3. The molecule has 4 rings (SSSR count). The zero-order valence-corrected chi connectivity index (χ0v) is 16.0. The van der Waals surface area contributed by atoms with Gasteiger partial charge in [0.05, 0.1) is 19.1 Å². The van der Waals surface area contributed by atoms with Gasteiger partial charge in [-0.2, -0.15) is 0 Å². The van der Waals surface area contributed by atoms with E-state index >= 15 is 0 Å². The highest BCUT2D eigenvalue weighted by Crippen LogP contribution is 2.19. The minimum Gasteiger partial charge on any atom is -0.374 e. The van der Waals surface area contributed by atoms with Crippen molar-refractivity contribution in [3.8, 4) is 0 Å². The van der Waals surface area contributed by atoms with Gasteiger partial charge in [0.1, 0.15) is 0 Å². The van der Waals surface area contributed by atoms with Crippen LogP contribution in [0.5, 0.6) is 0 Å². The lowest BCUT2D eigenvalue weighted by molar-refractivity contribution is -0.121. The van der Waals surface area contributed by atoms with Crippen LogP contribution in [0.15, 0.2) is 72.8 Å². The van der Waals surface area contributed by atoms with Gasteiger partial charge in [-0.1, -0.05) is 72.8 Å². The molecule has 1 N–H and O–H groups in total. The molecule has 1 saturated heterocycles. The number of fused-ring (bicyclic) bond motifs is 1. The van der Waals surface area contributed by atoms with Crippen molar-refractivity contribution in [3.63, 3.8) is 0 Å². The smallest absolute Gasteiger partial charge is 0.224 e. The summed E-state index contributed by atoms with van der Waals surface area (Å²) in [6.45, 7) is 3.94. The van der Waals surface area contributed by atoms with Crippen LogP contribution in [-0.4, -0.2) is 43.2 Å². The molecule has 1 amide bonds. The van der Waals surface area contributed by atoms with Crippen molar-refractivity contribution < 1.29 is 9.53 Å². The maximum atomic E-state index is 12.5. The molecule has 0 aromatic heterocycles. The van der Waals surface area contributed by atoms with Crippen molar-refractivity contribution in [2.75, 3.05) is 26.2 Å². The highest BCUT2D eigenvalue weighted by Gasteiger charge is 2.21. The summed E-state index contributed by atoms with van der Waals surface area (Å²) in [6, 6.07) is 24.8. The minimum atomic E-state index is 0.0360. The topological polar surface area (TPSA) is 41.6 Å². The van der Waals surface area contributed by atoms with Gasteiger partial charge in [-0.3, -0.25) is 9.69 Å². The number of benzene rings is 3. The Morgan fingerprint density at radius 1 is 1.00 bits per heavy atom. The molecule has 3 aromatic rings. The van der Waals surface area contributed by atoms with E-state index in [0.29, 0.717) is 19.6 Å². The van der Waals surface area contributed by atoms with Crippen molar-refractivity contribution >= 4 is 16.7 Å². The molecule has 1 atom stereocenters. The van der Waals surface area contributed by atoms with Crippen molar-refractivity contribution in [1.29, 1.82) is 0 Å². The Hall–Kier alpha value is -2.69. The molecule has 4 nitrogen and oxygen atoms in total. The summed E-state index contributed by atoms with van der Waals surface area (Å²) in [7, 11) is 0. The maximum absolute atomic E-state index is 12.5. The molecule has 0 aliphatic carbocycles. The van der Waals surface area contributed by atoms with Crippen LogP contribution in [0, 0.1) is 0 Å². The molecule has 1 heterocycles. The summed E-state index contributed by atoms with van der Waals surface area (Å²) in [6.07, 6.45) is 0.427. The fraction of sp³-hybridized carbons (Fsp3) is 0.292. The summed E-state index contributed by atoms with van der Waals surface area (Å²) in [5.41, 5.74) is 2.37. The summed E-state index contributed by atoms with van der Waals surface area (Å²) < 4.78 is 5.86. The first-order valence-electron chi connectivity index (χ1n) is 9.89. The molecule has 1 aliphatic heterocycles. The molecular weight excluding hydrogens is 348 g/mol. The zero-order chi connectivity index (χ0) is 19.2. The number of nitrogens with zero attached hydrogens (tertiary/aromatic N) is 1. The van der Waals surface area contributed by atoms with Gasteiger partial charge in [0.2, 0.25) is 5.91 Å². The van der Waals surface area contributed by atoms with E-state index in [-0.39, 0.29) is 12.0 Å². The van der Waals surface area contributed by atoms with Crippen LogP contribution in [0.3, 0.4) is 0 Å². The Morgan fingerprint density at radius 3 is 2.68 bits per heavy atom. The quantitative estimate of drug-likeness (QED) is 0.719. The summed E-state index contributed by atoms with van der Waals surface area (Å²) >= 11 is 0. The molecule has 0 radical (unpaired) electrons. The first-order valence-corrected chi connectivity index (χ1v) is 9.89. The second-order valence-corrected chi connectivity index (χ2v) is 7.33. The number of morpholine rings is 1. The molecule has 144 valence electrons. The predicted molar refractivity (Wildman–Crippen MR) is 112 cm³/mol. The van der Waals surface area contributed by atoms with Gasteiger partial charge in [0.15, 0.2) is 0 Å². The van der Waals surface area contributed by atoms with Crippen LogP contribution in [0.25, 0.3) is 10.8 Å². The van der Waals surface area contributed by atoms with Crippen LogP contribution in [-0.2, 0) is 22.5 Å². The number of ether oxygens (including phenoxy) is 1. The van der Waals surface area contributed by atoms with Gasteiger partial charge in [-0.15, -0.1) is 0 Å². The Bertz CT molecular complexity index is 921. The molecule has 0 spiro atoms. The van der Waals surface area contributed by atoms with Crippen molar-refractivity contribution in [3.05, 3.63) is 83.9 Å². The third-order valence-electron chi connectivity index (χ3n) is 5.23. The standard InChI is InChI=1S/C24H26N2O2/c27-24(15-21-11-6-10-20-9-4-5-12-23(20)21)25-16-22-18-26(13-14-28-22)17-19-7-2-1-3-8-19/h1-12,22H,13-18H2,(H,25,27). The lowest BCUT2D eigenvalue weighted by Crippen LogP contribution is -2.47. The number of nitrogens with one attached hydrogen (secondary N) is 1. The maximum Gasteiger partial charge on any atom is 0.224 e. The van der Waals surface area contributed by atoms with E-state index in [1.165, 1.54) is 10.9 Å². The average molecular weight is 374 g/mol. The number of carbonyl (C=O) groups excluding carboxylic acids is 1. The first-order chi connectivity index (χ1) is 13.8. The van der Waals surface area contributed by atoms with Gasteiger partial charge < -0.3 is 10.1 Å². The molecule has 1 fully saturated rings. The first kappa shape index (κ1) is 18.7. The van der Waals surface area contributed by atoms with Crippen molar-refractivity contribution in [2.24, 2.45) is 0 Å². The van der Waals surface area contributed by atoms with E-state index in [9.17, 15) is 4.79 Å². The van der Waals surface area contributed by atoms with Crippen LogP contribution in [0.4, 0.5) is 0 Å². The molecule has 0 saturated carbocycles. The third kappa shape index (κ3) is 4.77. The van der Waals surface area contributed by atoms with E-state index in [1.807, 2.05) is 30.3 Å². The highest BCUT2D eigenvalue weighted by atomic mass is 16.5. The van der Waals surface area contributed by atoms with Crippen LogP contribution in [0.1, 0.15) is 11.1 Å². The van der Waals surface area contributed by atoms with E-state index in [0.717, 1.165) is 30.6 Å². The predicted octanol–water partition coefficient (Wildman–Crippen LogP) is 3.40. The van der Waals surface area contributed by atoms with E-state index in [4.69, 9.17) is 4.74 Å². The fourth-order valence-electron chi connectivity index (χ4n) is 3.80. The Kier molecular flexibility index (Phi) is 6.00. The van der Waals surface area contributed by atoms with Crippen LogP contribution < -0.4 is 5.32 Å². The zero-order valence-electron chi connectivity index (χ0n) is 16.0. The monoisotopic (exact) mass is 374 g/mol. The van der Waals surface area contributed by atoms with Crippen LogP contribution >= 0.6 is 0 Å². The van der Waals surface area contributed by atoms with Gasteiger partial charge in [0.25, 0.3) is 0 Å². The van der Waals surface area contributed by atoms with Gasteiger partial charge >= 0.3 is 0 Å². The number of hydrogen-bond donors (Lipinski definition) is 1. The molecule has 1 unspecified atom stereocenters. The fourth-order valence-corrected chi connectivity index (χ4v) is 3.80. The molecule has 0 bridgehead atoms. The Labute approximate surface area is 166 Å². The summed E-state index contributed by atoms with van der Waals surface area (Å²) in [5.74, 6) is 0.0418. The van der Waals surface area contributed by atoms with E-state index < -0.39 is 0 Å². The average Bonchev–Trinajstić information content (AvgIpc) is 2.74. The van der Waals surface area contributed by atoms with E-state index in [1.54, 1.807) is 0 Å². The molecule has 28 heavy (non-hydrogen) atoms. The molecule has 3 aromatic carbocycles. The number of amides is 1. The third-order valence-corrected chi connectivity index (χ3v) is 5.23. The largest absolute Gasteiger partial charge is 0.374 e. The van der Waals surface area contributed by atoms with E-state index in [2.05, 4.69) is 52.7 Å². The normalized spacial score (nSPS) is 17.5. The number of carbonyl (C=O) groups is 1. The van der Waals surface area contributed by atoms with Crippen molar-refractivity contribution in [2.45, 2.75) is 19.1 Å².